The molecule has 8 heteroatoms. The third kappa shape index (κ3) is 4.05. The second-order valence-corrected chi connectivity index (χ2v) is 5.35. The van der Waals surface area contributed by atoms with Crippen LogP contribution in [0.25, 0.3) is 0 Å². The first kappa shape index (κ1) is 17.8. The van der Waals surface area contributed by atoms with Crippen molar-refractivity contribution in [2.24, 2.45) is 0 Å². The molecule has 0 saturated heterocycles. The lowest BCUT2D eigenvalue weighted by atomic mass is 10.2. The van der Waals surface area contributed by atoms with Gasteiger partial charge in [-0.3, -0.25) is 9.59 Å². The van der Waals surface area contributed by atoms with Crippen molar-refractivity contribution in [3.63, 3.8) is 0 Å². The number of hydrogen-bond donors (Lipinski definition) is 2. The fraction of sp³-hybridized carbons (Fsp3) is 0.125. The third-order valence-corrected chi connectivity index (χ3v) is 3.40. The van der Waals surface area contributed by atoms with Crippen LogP contribution in [0.1, 0.15) is 15.9 Å². The van der Waals surface area contributed by atoms with Gasteiger partial charge in [0.1, 0.15) is 0 Å². The van der Waals surface area contributed by atoms with E-state index in [-0.39, 0.29) is 0 Å². The second-order valence-electron chi connectivity index (χ2n) is 4.91. The Hall–Kier alpha value is -2.54. The molecule has 2 amide bonds. The molecule has 0 fully saturated rings. The van der Waals surface area contributed by atoms with Crippen LogP contribution in [0, 0.1) is 24.4 Å². The molecule has 0 radical (unpaired) electrons. The van der Waals surface area contributed by atoms with Crippen molar-refractivity contribution in [3.05, 3.63) is 63.9 Å². The number of nitrogens with one attached hydrogen (secondary N) is 2. The molecule has 2 aromatic carbocycles. The maximum Gasteiger partial charge on any atom is 0.254 e. The van der Waals surface area contributed by atoms with E-state index in [0.29, 0.717) is 16.8 Å². The van der Waals surface area contributed by atoms with Crippen LogP contribution >= 0.6 is 11.6 Å². The normalized spacial score (nSPS) is 10.4. The molecule has 0 aromatic heterocycles. The number of benzene rings is 2. The molecule has 0 aliphatic carbocycles. The minimum Gasteiger partial charge on any atom is -0.343 e. The van der Waals surface area contributed by atoms with E-state index in [2.05, 4.69) is 10.6 Å². The smallest absolute Gasteiger partial charge is 0.254 e. The van der Waals surface area contributed by atoms with Crippen molar-refractivity contribution >= 4 is 29.1 Å². The van der Waals surface area contributed by atoms with Crippen LogP contribution in [0.5, 0.6) is 0 Å². The summed E-state index contributed by atoms with van der Waals surface area (Å²) >= 11 is 5.82. The quantitative estimate of drug-likeness (QED) is 0.825. The molecule has 0 aliphatic rings. The fourth-order valence-corrected chi connectivity index (χ4v) is 2.05. The van der Waals surface area contributed by atoms with Gasteiger partial charge in [-0.15, -0.1) is 0 Å². The lowest BCUT2D eigenvalue weighted by Crippen LogP contribution is -2.33. The van der Waals surface area contributed by atoms with E-state index in [1.165, 1.54) is 6.07 Å². The number of rotatable bonds is 4. The summed E-state index contributed by atoms with van der Waals surface area (Å²) in [6.45, 7) is 1.27. The molecule has 0 saturated carbocycles. The minimum atomic E-state index is -1.75. The van der Waals surface area contributed by atoms with Crippen LogP contribution in [0.2, 0.25) is 5.02 Å². The predicted molar refractivity (Wildman–Crippen MR) is 83.5 cm³/mol. The van der Waals surface area contributed by atoms with Gasteiger partial charge in [0, 0.05) is 10.7 Å². The summed E-state index contributed by atoms with van der Waals surface area (Å²) in [4.78, 5) is 23.6. The highest BCUT2D eigenvalue weighted by Gasteiger charge is 2.19. The molecule has 2 aromatic rings. The molecule has 2 N–H and O–H groups in total. The molecule has 0 unspecified atom stereocenters. The fourth-order valence-electron chi connectivity index (χ4n) is 1.88. The Kier molecular flexibility index (Phi) is 5.46. The van der Waals surface area contributed by atoms with Gasteiger partial charge in [-0.1, -0.05) is 17.7 Å². The topological polar surface area (TPSA) is 58.2 Å². The molecular formula is C16H12ClF3N2O2. The van der Waals surface area contributed by atoms with Crippen molar-refractivity contribution in [2.75, 3.05) is 11.9 Å². The number of halogens is 4. The molecule has 0 heterocycles. The van der Waals surface area contributed by atoms with Crippen LogP contribution in [0.3, 0.4) is 0 Å². The molecule has 2 rings (SSSR count). The van der Waals surface area contributed by atoms with Gasteiger partial charge in [0.05, 0.1) is 12.1 Å². The lowest BCUT2D eigenvalue weighted by Gasteiger charge is -2.10. The van der Waals surface area contributed by atoms with Gasteiger partial charge in [0.25, 0.3) is 5.91 Å². The molecule has 126 valence electrons. The van der Waals surface area contributed by atoms with E-state index >= 15 is 0 Å². The number of aryl methyl sites for hydroxylation is 1. The SMILES string of the molecule is Cc1ccc(Cl)cc1NC(=O)CNC(=O)c1ccc(F)c(F)c1F. The van der Waals surface area contributed by atoms with Crippen LogP contribution < -0.4 is 10.6 Å². The van der Waals surface area contributed by atoms with Crippen LogP contribution in [-0.2, 0) is 4.79 Å². The molecule has 0 aliphatic heterocycles. The number of hydrogen-bond acceptors (Lipinski definition) is 2. The first-order chi connectivity index (χ1) is 11.3. The summed E-state index contributed by atoms with van der Waals surface area (Å²) in [5, 5.41) is 5.07. The second kappa shape index (κ2) is 7.35. The zero-order valence-corrected chi connectivity index (χ0v) is 13.2. The summed E-state index contributed by atoms with van der Waals surface area (Å²) in [7, 11) is 0. The minimum absolute atomic E-state index is 0.420. The Morgan fingerprint density at radius 2 is 1.79 bits per heavy atom. The highest BCUT2D eigenvalue weighted by molar-refractivity contribution is 6.31. The predicted octanol–water partition coefficient (Wildman–Crippen LogP) is 3.43. The molecular weight excluding hydrogens is 345 g/mol. The number of carbonyl (C=O) groups excluding carboxylic acids is 2. The van der Waals surface area contributed by atoms with E-state index in [0.717, 1.165) is 11.6 Å². The van der Waals surface area contributed by atoms with Crippen molar-refractivity contribution in [1.29, 1.82) is 0 Å². The maximum atomic E-state index is 13.5. The zero-order valence-electron chi connectivity index (χ0n) is 12.4. The Labute approximate surface area is 140 Å². The van der Waals surface area contributed by atoms with E-state index in [1.54, 1.807) is 19.1 Å². The first-order valence-corrected chi connectivity index (χ1v) is 7.15. The Balaban J connectivity index is 2.00. The monoisotopic (exact) mass is 356 g/mol. The summed E-state index contributed by atoms with van der Waals surface area (Å²) in [5.74, 6) is -6.39. The molecule has 0 spiro atoms. The lowest BCUT2D eigenvalue weighted by molar-refractivity contribution is -0.115. The summed E-state index contributed by atoms with van der Waals surface area (Å²) in [6, 6.07) is 6.31. The van der Waals surface area contributed by atoms with Crippen LogP contribution in [-0.4, -0.2) is 18.4 Å². The van der Waals surface area contributed by atoms with Crippen molar-refractivity contribution in [2.45, 2.75) is 6.92 Å². The van der Waals surface area contributed by atoms with Crippen molar-refractivity contribution < 1.29 is 22.8 Å². The van der Waals surface area contributed by atoms with E-state index in [1.807, 2.05) is 0 Å². The van der Waals surface area contributed by atoms with Gasteiger partial charge >= 0.3 is 0 Å². The van der Waals surface area contributed by atoms with Crippen molar-refractivity contribution in [3.8, 4) is 0 Å². The molecule has 0 bridgehead atoms. The standard InChI is InChI=1S/C16H12ClF3N2O2/c1-8-2-3-9(17)6-12(8)22-13(23)7-21-16(24)10-4-5-11(18)15(20)14(10)19/h2-6H,7H2,1H3,(H,21,24)(H,22,23). The summed E-state index contributed by atoms with van der Waals surface area (Å²) in [5.41, 5.74) is 0.520. The summed E-state index contributed by atoms with van der Waals surface area (Å²) in [6.07, 6.45) is 0. The highest BCUT2D eigenvalue weighted by atomic mass is 35.5. The Morgan fingerprint density at radius 1 is 1.08 bits per heavy atom. The molecule has 4 nitrogen and oxygen atoms in total. The number of amides is 2. The van der Waals surface area contributed by atoms with Gasteiger partial charge in [-0.2, -0.15) is 0 Å². The first-order valence-electron chi connectivity index (χ1n) is 6.77. The highest BCUT2D eigenvalue weighted by Crippen LogP contribution is 2.20. The molecule has 0 atom stereocenters. The molecule has 24 heavy (non-hydrogen) atoms. The van der Waals surface area contributed by atoms with Gasteiger partial charge in [-0.05, 0) is 36.8 Å². The summed E-state index contributed by atoms with van der Waals surface area (Å²) < 4.78 is 39.4. The van der Waals surface area contributed by atoms with E-state index in [9.17, 15) is 22.8 Å². The average molecular weight is 357 g/mol. The van der Waals surface area contributed by atoms with Gasteiger partial charge < -0.3 is 10.6 Å². The number of carbonyl (C=O) groups is 2. The van der Waals surface area contributed by atoms with E-state index < -0.39 is 41.4 Å². The maximum absolute atomic E-state index is 13.5. The Bertz CT molecular complexity index is 812. The van der Waals surface area contributed by atoms with Crippen LogP contribution in [0.15, 0.2) is 30.3 Å². The zero-order chi connectivity index (χ0) is 17.9. The van der Waals surface area contributed by atoms with Crippen LogP contribution in [0.4, 0.5) is 18.9 Å². The Morgan fingerprint density at radius 3 is 2.50 bits per heavy atom. The largest absolute Gasteiger partial charge is 0.343 e. The van der Waals surface area contributed by atoms with Gasteiger partial charge in [-0.25, -0.2) is 13.2 Å². The average Bonchev–Trinajstić information content (AvgIpc) is 2.54. The van der Waals surface area contributed by atoms with Crippen molar-refractivity contribution in [1.82, 2.24) is 5.32 Å². The number of anilines is 1. The van der Waals surface area contributed by atoms with E-state index in [4.69, 9.17) is 11.6 Å². The third-order valence-electron chi connectivity index (χ3n) is 3.16. The van der Waals surface area contributed by atoms with Gasteiger partial charge in [0.15, 0.2) is 17.5 Å². The van der Waals surface area contributed by atoms with Gasteiger partial charge in [0.2, 0.25) is 5.91 Å².